The summed E-state index contributed by atoms with van der Waals surface area (Å²) in [5.41, 5.74) is 0.277. The van der Waals surface area contributed by atoms with E-state index in [1.54, 1.807) is 6.07 Å². The van der Waals surface area contributed by atoms with Gasteiger partial charge in [-0.2, -0.15) is 0 Å². The van der Waals surface area contributed by atoms with E-state index in [4.69, 9.17) is 0 Å². The average Bonchev–Trinajstić information content (AvgIpc) is 2.58. The molecule has 1 unspecified atom stereocenters. The number of nitro benzene ring substituents is 1. The average molecular weight is 367 g/mol. The van der Waals surface area contributed by atoms with Crippen molar-refractivity contribution in [3.8, 4) is 0 Å². The second kappa shape index (κ2) is 9.47. The number of nitrogens with zero attached hydrogens (tertiary/aromatic N) is 1. The number of amides is 2. The molecule has 0 aliphatic rings. The number of esters is 1. The van der Waals surface area contributed by atoms with Crippen LogP contribution in [0.5, 0.6) is 0 Å². The van der Waals surface area contributed by atoms with Crippen LogP contribution in [-0.4, -0.2) is 53.1 Å². The van der Waals surface area contributed by atoms with Crippen LogP contribution >= 0.6 is 0 Å². The van der Waals surface area contributed by atoms with Crippen molar-refractivity contribution >= 4 is 23.5 Å². The molecule has 1 aromatic carbocycles. The van der Waals surface area contributed by atoms with Crippen molar-refractivity contribution in [2.75, 3.05) is 7.11 Å². The second-order valence-corrected chi connectivity index (χ2v) is 5.64. The van der Waals surface area contributed by atoms with E-state index in [0.717, 1.165) is 7.11 Å². The monoisotopic (exact) mass is 367 g/mol. The lowest BCUT2D eigenvalue weighted by Gasteiger charge is -2.21. The summed E-state index contributed by atoms with van der Waals surface area (Å²) in [6, 6.07) is 3.33. The van der Waals surface area contributed by atoms with Gasteiger partial charge in [-0.3, -0.25) is 19.7 Å². The van der Waals surface area contributed by atoms with Crippen LogP contribution in [0.25, 0.3) is 0 Å². The van der Waals surface area contributed by atoms with Crippen molar-refractivity contribution in [1.29, 1.82) is 0 Å². The number of hydrogen-bond donors (Lipinski definition) is 3. The highest BCUT2D eigenvalue weighted by Gasteiger charge is 2.28. The first kappa shape index (κ1) is 21.0. The highest BCUT2D eigenvalue weighted by atomic mass is 16.6. The zero-order chi connectivity index (χ0) is 19.9. The van der Waals surface area contributed by atoms with E-state index in [-0.39, 0.29) is 12.1 Å². The molecule has 3 atom stereocenters. The van der Waals surface area contributed by atoms with Crippen LogP contribution < -0.4 is 10.6 Å². The molecule has 3 N–H and O–H groups in total. The molecule has 0 bridgehead atoms. The minimum atomic E-state index is -1.26. The Morgan fingerprint density at radius 2 is 1.92 bits per heavy atom. The number of carbonyl (C=O) groups is 3. The van der Waals surface area contributed by atoms with Gasteiger partial charge in [-0.1, -0.05) is 12.1 Å². The first-order chi connectivity index (χ1) is 12.1. The molecule has 0 aromatic heterocycles. The Bertz CT molecular complexity index is 690. The molecule has 26 heavy (non-hydrogen) atoms. The lowest BCUT2D eigenvalue weighted by molar-refractivity contribution is -0.384. The second-order valence-electron chi connectivity index (χ2n) is 5.64. The molecule has 0 fully saturated rings. The maximum Gasteiger partial charge on any atom is 0.331 e. The summed E-state index contributed by atoms with van der Waals surface area (Å²) in [6.45, 7) is 2.71. The Kier molecular flexibility index (Phi) is 7.66. The van der Waals surface area contributed by atoms with E-state index in [0.29, 0.717) is 5.56 Å². The van der Waals surface area contributed by atoms with Crippen LogP contribution in [0.4, 0.5) is 5.69 Å². The smallest absolute Gasteiger partial charge is 0.331 e. The Hall–Kier alpha value is -3.01. The van der Waals surface area contributed by atoms with Gasteiger partial charge in [0, 0.05) is 12.1 Å². The number of ether oxygens (including phenoxy) is 1. The molecule has 10 nitrogen and oxygen atoms in total. The molecule has 10 heteroatoms. The topological polar surface area (TPSA) is 148 Å². The van der Waals surface area contributed by atoms with E-state index >= 15 is 0 Å². The highest BCUT2D eigenvalue weighted by Crippen LogP contribution is 2.13. The molecule has 0 radical (unpaired) electrons. The zero-order valence-corrected chi connectivity index (χ0v) is 14.6. The van der Waals surface area contributed by atoms with Gasteiger partial charge in [0.15, 0.2) is 6.04 Å². The number of rotatable bonds is 8. The molecule has 0 saturated heterocycles. The third-order valence-electron chi connectivity index (χ3n) is 3.49. The van der Waals surface area contributed by atoms with Gasteiger partial charge in [-0.05, 0) is 19.4 Å². The molecular weight excluding hydrogens is 346 g/mol. The maximum atomic E-state index is 12.1. The molecule has 142 valence electrons. The zero-order valence-electron chi connectivity index (χ0n) is 14.6. The van der Waals surface area contributed by atoms with Crippen LogP contribution in [-0.2, 0) is 25.5 Å². The Morgan fingerprint density at radius 1 is 1.27 bits per heavy atom. The molecule has 0 spiro atoms. The van der Waals surface area contributed by atoms with Gasteiger partial charge in [0.1, 0.15) is 6.04 Å². The number of nitro groups is 1. The van der Waals surface area contributed by atoms with Gasteiger partial charge in [0.25, 0.3) is 5.69 Å². The molecular formula is C16H21N3O7. The third kappa shape index (κ3) is 6.13. The molecule has 1 aromatic rings. The largest absolute Gasteiger partial charge is 0.467 e. The van der Waals surface area contributed by atoms with Crippen molar-refractivity contribution in [3.63, 3.8) is 0 Å². The third-order valence-corrected chi connectivity index (χ3v) is 3.49. The van der Waals surface area contributed by atoms with Crippen molar-refractivity contribution in [2.45, 2.75) is 38.5 Å². The van der Waals surface area contributed by atoms with E-state index in [9.17, 15) is 29.6 Å². The van der Waals surface area contributed by atoms with E-state index < -0.39 is 40.9 Å². The quantitative estimate of drug-likeness (QED) is 0.324. The SMILES string of the molecule is COC(=O)[C@@H](NC(=O)[C@H](C)NC(=O)Cc1cccc([N+](=O)[O-])c1)C(C)O. The lowest BCUT2D eigenvalue weighted by Crippen LogP contribution is -2.54. The summed E-state index contributed by atoms with van der Waals surface area (Å²) >= 11 is 0. The van der Waals surface area contributed by atoms with Crippen molar-refractivity contribution in [1.82, 2.24) is 10.6 Å². The fourth-order valence-electron chi connectivity index (χ4n) is 2.11. The molecule has 0 saturated carbocycles. The van der Waals surface area contributed by atoms with Gasteiger partial charge in [-0.25, -0.2) is 4.79 Å². The van der Waals surface area contributed by atoms with Gasteiger partial charge in [0.05, 0.1) is 24.6 Å². The number of aliphatic hydroxyl groups excluding tert-OH is 1. The Labute approximate surface area is 149 Å². The Morgan fingerprint density at radius 3 is 2.46 bits per heavy atom. The predicted molar refractivity (Wildman–Crippen MR) is 90.0 cm³/mol. The van der Waals surface area contributed by atoms with Crippen molar-refractivity contribution in [3.05, 3.63) is 39.9 Å². The number of non-ortho nitro benzene ring substituents is 1. The summed E-state index contributed by atoms with van der Waals surface area (Å²) in [6.07, 6.45) is -1.34. The normalized spacial score (nSPS) is 13.8. The van der Waals surface area contributed by atoms with Crippen molar-refractivity contribution in [2.24, 2.45) is 0 Å². The number of benzene rings is 1. The van der Waals surface area contributed by atoms with Gasteiger partial charge in [0.2, 0.25) is 11.8 Å². The number of nitrogens with one attached hydrogen (secondary N) is 2. The lowest BCUT2D eigenvalue weighted by atomic mass is 10.1. The number of aliphatic hydroxyl groups is 1. The minimum Gasteiger partial charge on any atom is -0.467 e. The molecule has 0 aliphatic heterocycles. The predicted octanol–water partition coefficient (Wildman–Crippen LogP) is -0.319. The van der Waals surface area contributed by atoms with Gasteiger partial charge < -0.3 is 20.5 Å². The van der Waals surface area contributed by atoms with Crippen molar-refractivity contribution < 1.29 is 29.2 Å². The summed E-state index contributed by atoms with van der Waals surface area (Å²) in [4.78, 5) is 45.8. The van der Waals surface area contributed by atoms with Crippen LogP contribution in [0, 0.1) is 10.1 Å². The highest BCUT2D eigenvalue weighted by molar-refractivity contribution is 5.91. The Balaban J connectivity index is 2.65. The summed E-state index contributed by atoms with van der Waals surface area (Å²) in [5.74, 6) is -2.03. The summed E-state index contributed by atoms with van der Waals surface area (Å²) < 4.78 is 4.49. The fraction of sp³-hybridized carbons (Fsp3) is 0.438. The van der Waals surface area contributed by atoms with Gasteiger partial charge in [-0.15, -0.1) is 0 Å². The maximum absolute atomic E-state index is 12.1. The first-order valence-corrected chi connectivity index (χ1v) is 7.74. The first-order valence-electron chi connectivity index (χ1n) is 7.74. The summed E-state index contributed by atoms with van der Waals surface area (Å²) in [5, 5.41) is 25.0. The van der Waals surface area contributed by atoms with Crippen LogP contribution in [0.1, 0.15) is 19.4 Å². The van der Waals surface area contributed by atoms with Gasteiger partial charge >= 0.3 is 5.97 Å². The number of methoxy groups -OCH3 is 1. The molecule has 0 aliphatic carbocycles. The molecule has 0 heterocycles. The van der Waals surface area contributed by atoms with E-state index in [1.807, 2.05) is 0 Å². The molecule has 2 amide bonds. The van der Waals surface area contributed by atoms with Crippen LogP contribution in [0.15, 0.2) is 24.3 Å². The minimum absolute atomic E-state index is 0.140. The van der Waals surface area contributed by atoms with Crippen LogP contribution in [0.2, 0.25) is 0 Å². The van der Waals surface area contributed by atoms with E-state index in [1.165, 1.54) is 32.0 Å². The number of carbonyl (C=O) groups excluding carboxylic acids is 3. The summed E-state index contributed by atoms with van der Waals surface area (Å²) in [7, 11) is 1.12. The van der Waals surface area contributed by atoms with E-state index in [2.05, 4.69) is 15.4 Å². The number of hydrogen-bond acceptors (Lipinski definition) is 7. The standard InChI is InChI=1S/C16H21N3O7/c1-9(15(22)18-14(10(2)20)16(23)26-3)17-13(21)8-11-5-4-6-12(7-11)19(24)25/h4-7,9-10,14,20H,8H2,1-3H3,(H,17,21)(H,18,22)/t9-,10?,14-/m0/s1. The molecule has 1 rings (SSSR count). The fourth-order valence-corrected chi connectivity index (χ4v) is 2.11. The van der Waals surface area contributed by atoms with Crippen LogP contribution in [0.3, 0.4) is 0 Å².